The molecule has 8 heteroatoms. The lowest BCUT2D eigenvalue weighted by Gasteiger charge is -2.17. The lowest BCUT2D eigenvalue weighted by Crippen LogP contribution is -2.30. The van der Waals surface area contributed by atoms with E-state index in [1.54, 1.807) is 24.3 Å². The van der Waals surface area contributed by atoms with E-state index < -0.39 is 33.5 Å². The summed E-state index contributed by atoms with van der Waals surface area (Å²) in [5.41, 5.74) is 0.765. The van der Waals surface area contributed by atoms with Gasteiger partial charge in [-0.15, -0.1) is 0 Å². The summed E-state index contributed by atoms with van der Waals surface area (Å²) in [7, 11) is -0.803. The number of nitrogens with one attached hydrogen (secondary N) is 1. The lowest BCUT2D eigenvalue weighted by molar-refractivity contribution is 0.107. The van der Waals surface area contributed by atoms with E-state index in [0.717, 1.165) is 17.7 Å². The van der Waals surface area contributed by atoms with Crippen molar-refractivity contribution in [2.45, 2.75) is 11.9 Å². The zero-order chi connectivity index (χ0) is 18.4. The summed E-state index contributed by atoms with van der Waals surface area (Å²) in [6.07, 6.45) is -0.533. The van der Waals surface area contributed by atoms with Crippen LogP contribution in [0.5, 0.6) is 5.75 Å². The molecule has 0 amide bonds. The number of ether oxygens (including phenoxy) is 2. The van der Waals surface area contributed by atoms with E-state index in [1.807, 2.05) is 0 Å². The summed E-state index contributed by atoms with van der Waals surface area (Å²) in [4.78, 5) is 0. The number of methoxy groups -OCH3 is 2. The van der Waals surface area contributed by atoms with Gasteiger partial charge in [-0.05, 0) is 35.4 Å². The molecular formula is C17H19F2NO4S. The van der Waals surface area contributed by atoms with Crippen molar-refractivity contribution >= 4 is 10.0 Å². The largest absolute Gasteiger partial charge is 0.497 e. The molecule has 0 aliphatic carbocycles. The van der Waals surface area contributed by atoms with E-state index in [9.17, 15) is 17.2 Å². The Labute approximate surface area is 145 Å². The molecule has 0 heterocycles. The van der Waals surface area contributed by atoms with Gasteiger partial charge in [0.25, 0.3) is 0 Å². The minimum Gasteiger partial charge on any atom is -0.497 e. The number of sulfonamides is 1. The third-order valence-corrected chi connectivity index (χ3v) is 4.84. The van der Waals surface area contributed by atoms with Crippen LogP contribution in [-0.4, -0.2) is 29.2 Å². The maximum Gasteiger partial charge on any atom is 0.215 e. The van der Waals surface area contributed by atoms with E-state index in [2.05, 4.69) is 4.72 Å². The summed E-state index contributed by atoms with van der Waals surface area (Å²) in [6, 6.07) is 9.71. The molecule has 0 aliphatic rings. The number of rotatable bonds is 8. The number of hydrogen-bond acceptors (Lipinski definition) is 4. The zero-order valence-corrected chi connectivity index (χ0v) is 14.6. The third kappa shape index (κ3) is 5.77. The highest BCUT2D eigenvalue weighted by Gasteiger charge is 2.18. The van der Waals surface area contributed by atoms with Crippen molar-refractivity contribution in [1.29, 1.82) is 0 Å². The first kappa shape index (κ1) is 19.3. The Morgan fingerprint density at radius 3 is 2.36 bits per heavy atom. The van der Waals surface area contributed by atoms with Crippen LogP contribution >= 0.6 is 0 Å². The second-order valence-corrected chi connectivity index (χ2v) is 7.19. The molecule has 5 nitrogen and oxygen atoms in total. The van der Waals surface area contributed by atoms with Crippen molar-refractivity contribution in [3.63, 3.8) is 0 Å². The maximum absolute atomic E-state index is 13.2. The van der Waals surface area contributed by atoms with E-state index in [0.29, 0.717) is 11.8 Å². The molecule has 0 aliphatic heterocycles. The van der Waals surface area contributed by atoms with Crippen LogP contribution < -0.4 is 9.46 Å². The summed E-state index contributed by atoms with van der Waals surface area (Å²) in [5, 5.41) is 0. The second kappa shape index (κ2) is 8.37. The van der Waals surface area contributed by atoms with Gasteiger partial charge in [-0.25, -0.2) is 21.9 Å². The molecule has 0 aromatic heterocycles. The van der Waals surface area contributed by atoms with Crippen LogP contribution in [-0.2, 0) is 20.5 Å². The molecule has 2 rings (SSSR count). The molecule has 1 atom stereocenters. The fourth-order valence-corrected chi connectivity index (χ4v) is 3.46. The van der Waals surface area contributed by atoms with Crippen LogP contribution in [0.2, 0.25) is 0 Å². The summed E-state index contributed by atoms with van der Waals surface area (Å²) in [5.74, 6) is -1.55. The van der Waals surface area contributed by atoms with Crippen molar-refractivity contribution in [1.82, 2.24) is 4.72 Å². The van der Waals surface area contributed by atoms with Crippen LogP contribution in [0.4, 0.5) is 8.78 Å². The Hall–Kier alpha value is -2.03. The first-order valence-corrected chi connectivity index (χ1v) is 9.07. The molecule has 2 aromatic carbocycles. The molecule has 136 valence electrons. The van der Waals surface area contributed by atoms with Gasteiger partial charge in [0.1, 0.15) is 17.4 Å². The standard InChI is InChI=1S/C17H19F2NO4S/c1-23-16-5-3-4-13(8-16)17(24-2)10-20-25(21,22)11-12-6-14(18)9-15(19)7-12/h3-9,17,20H,10-11H2,1-2H3/t17-/m1/s1. The third-order valence-electron chi connectivity index (χ3n) is 3.52. The Balaban J connectivity index is 2.06. The Morgan fingerprint density at radius 1 is 1.08 bits per heavy atom. The van der Waals surface area contributed by atoms with E-state index in [4.69, 9.17) is 9.47 Å². The Bertz CT molecular complexity index is 807. The van der Waals surface area contributed by atoms with Gasteiger partial charge in [-0.3, -0.25) is 0 Å². The molecule has 0 bridgehead atoms. The monoisotopic (exact) mass is 371 g/mol. The van der Waals surface area contributed by atoms with Crippen LogP contribution in [0.3, 0.4) is 0 Å². The first-order valence-electron chi connectivity index (χ1n) is 7.42. The quantitative estimate of drug-likeness (QED) is 0.775. The minimum atomic E-state index is -3.79. The van der Waals surface area contributed by atoms with Gasteiger partial charge in [-0.1, -0.05) is 12.1 Å². The Kier molecular flexibility index (Phi) is 6.46. The van der Waals surface area contributed by atoms with Gasteiger partial charge < -0.3 is 9.47 Å². The predicted molar refractivity (Wildman–Crippen MR) is 89.7 cm³/mol. The highest BCUT2D eigenvalue weighted by Crippen LogP contribution is 2.21. The molecule has 25 heavy (non-hydrogen) atoms. The fraction of sp³-hybridized carbons (Fsp3) is 0.294. The van der Waals surface area contributed by atoms with Crippen LogP contribution in [0.1, 0.15) is 17.2 Å². The van der Waals surface area contributed by atoms with Gasteiger partial charge in [0.05, 0.1) is 19.0 Å². The van der Waals surface area contributed by atoms with Gasteiger partial charge in [0, 0.05) is 19.7 Å². The zero-order valence-electron chi connectivity index (χ0n) is 13.8. The number of halogens is 2. The van der Waals surface area contributed by atoms with Gasteiger partial charge >= 0.3 is 0 Å². The molecule has 0 radical (unpaired) electrons. The number of hydrogen-bond donors (Lipinski definition) is 1. The molecule has 0 unspecified atom stereocenters. The second-order valence-electron chi connectivity index (χ2n) is 5.39. The van der Waals surface area contributed by atoms with Crippen molar-refractivity contribution in [3.8, 4) is 5.75 Å². The predicted octanol–water partition coefficient (Wildman–Crippen LogP) is 2.78. The van der Waals surface area contributed by atoms with Crippen molar-refractivity contribution < 1.29 is 26.7 Å². The summed E-state index contributed by atoms with van der Waals surface area (Å²) < 4.78 is 63.5. The SMILES string of the molecule is COc1cccc([C@@H](CNS(=O)(=O)Cc2cc(F)cc(F)c2)OC)c1. The van der Waals surface area contributed by atoms with E-state index in [-0.39, 0.29) is 12.1 Å². The van der Waals surface area contributed by atoms with Crippen LogP contribution in [0, 0.1) is 11.6 Å². The molecule has 0 saturated carbocycles. The fourth-order valence-electron chi connectivity index (χ4n) is 2.35. The molecule has 1 N–H and O–H groups in total. The first-order chi connectivity index (χ1) is 11.8. The average molecular weight is 371 g/mol. The van der Waals surface area contributed by atoms with Crippen LogP contribution in [0.25, 0.3) is 0 Å². The van der Waals surface area contributed by atoms with Crippen molar-refractivity contribution in [3.05, 3.63) is 65.2 Å². The van der Waals surface area contributed by atoms with Gasteiger partial charge in [-0.2, -0.15) is 0 Å². The average Bonchev–Trinajstić information content (AvgIpc) is 2.54. The lowest BCUT2D eigenvalue weighted by atomic mass is 10.1. The molecule has 2 aromatic rings. The minimum absolute atomic E-state index is 0.0240. The summed E-state index contributed by atoms with van der Waals surface area (Å²) in [6.45, 7) is -0.0240. The van der Waals surface area contributed by atoms with Crippen molar-refractivity contribution in [2.75, 3.05) is 20.8 Å². The molecule has 0 saturated heterocycles. The molecular weight excluding hydrogens is 352 g/mol. The Morgan fingerprint density at radius 2 is 1.76 bits per heavy atom. The maximum atomic E-state index is 13.2. The van der Waals surface area contributed by atoms with E-state index in [1.165, 1.54) is 14.2 Å². The van der Waals surface area contributed by atoms with Gasteiger partial charge in [0.2, 0.25) is 10.0 Å². The van der Waals surface area contributed by atoms with E-state index >= 15 is 0 Å². The molecule has 0 spiro atoms. The molecule has 0 fully saturated rings. The van der Waals surface area contributed by atoms with Crippen LogP contribution in [0.15, 0.2) is 42.5 Å². The van der Waals surface area contributed by atoms with Gasteiger partial charge in [0.15, 0.2) is 0 Å². The summed E-state index contributed by atoms with van der Waals surface area (Å²) >= 11 is 0. The topological polar surface area (TPSA) is 64.6 Å². The number of benzene rings is 2. The normalized spacial score (nSPS) is 12.8. The smallest absolute Gasteiger partial charge is 0.215 e. The van der Waals surface area contributed by atoms with Crippen molar-refractivity contribution in [2.24, 2.45) is 0 Å². The highest BCUT2D eigenvalue weighted by molar-refractivity contribution is 7.88. The highest BCUT2D eigenvalue weighted by atomic mass is 32.2.